The Morgan fingerprint density at radius 1 is 0.750 bits per heavy atom. The summed E-state index contributed by atoms with van der Waals surface area (Å²) in [7, 11) is 3.96. The van der Waals surface area contributed by atoms with Gasteiger partial charge in [0.25, 0.3) is 0 Å². The second-order valence-corrected chi connectivity index (χ2v) is 8.97. The molecule has 0 spiro atoms. The highest BCUT2D eigenvalue weighted by Crippen LogP contribution is 2.36. The molecule has 0 saturated carbocycles. The lowest BCUT2D eigenvalue weighted by Gasteiger charge is -2.29. The molecule has 3 nitrogen and oxygen atoms in total. The number of benzene rings is 4. The van der Waals surface area contributed by atoms with Crippen molar-refractivity contribution in [2.75, 3.05) is 33.9 Å². The normalized spacial score (nSPS) is 15.3. The zero-order chi connectivity index (χ0) is 21.9. The summed E-state index contributed by atoms with van der Waals surface area (Å²) < 4.78 is 12.3. The molecular weight excluding hydrogens is 394 g/mol. The lowest BCUT2D eigenvalue weighted by Crippen LogP contribution is -2.32. The van der Waals surface area contributed by atoms with Gasteiger partial charge in [-0.3, -0.25) is 0 Å². The quantitative estimate of drug-likeness (QED) is 0.361. The molecule has 1 saturated heterocycles. The van der Waals surface area contributed by atoms with Gasteiger partial charge < -0.3 is 14.4 Å². The number of fused-ring (bicyclic) bond motifs is 2. The molecule has 1 heterocycles. The van der Waals surface area contributed by atoms with Gasteiger partial charge in [-0.25, -0.2) is 0 Å². The fourth-order valence-electron chi connectivity index (χ4n) is 4.94. The summed E-state index contributed by atoms with van der Waals surface area (Å²) in [6.07, 6.45) is 3.18. The average molecular weight is 426 g/mol. The van der Waals surface area contributed by atoms with Crippen LogP contribution in [0.3, 0.4) is 0 Å². The van der Waals surface area contributed by atoms with Crippen LogP contribution in [0.5, 0.6) is 11.5 Å². The van der Waals surface area contributed by atoms with Gasteiger partial charge in [0, 0.05) is 17.5 Å². The van der Waals surface area contributed by atoms with Gasteiger partial charge in [-0.05, 0) is 72.6 Å². The van der Waals surface area contributed by atoms with Crippen molar-refractivity contribution in [1.29, 1.82) is 0 Å². The van der Waals surface area contributed by atoms with E-state index in [9.17, 15) is 0 Å². The van der Waals surface area contributed by atoms with E-state index in [1.807, 2.05) is 0 Å². The molecule has 0 radical (unpaired) electrons. The number of ether oxygens (including phenoxy) is 2. The summed E-state index contributed by atoms with van der Waals surface area (Å²) in [5, 5.41) is 4.97. The maximum Gasteiger partial charge on any atom is 0.123 e. The van der Waals surface area contributed by atoms with Crippen LogP contribution in [0.15, 0.2) is 72.8 Å². The van der Waals surface area contributed by atoms with Gasteiger partial charge in [-0.1, -0.05) is 60.7 Å². The van der Waals surface area contributed by atoms with E-state index in [4.69, 9.17) is 9.47 Å². The topological polar surface area (TPSA) is 21.7 Å². The third-order valence-corrected chi connectivity index (χ3v) is 6.88. The van der Waals surface area contributed by atoms with E-state index >= 15 is 0 Å². The summed E-state index contributed by atoms with van der Waals surface area (Å²) >= 11 is 0. The van der Waals surface area contributed by atoms with Gasteiger partial charge in [-0.15, -0.1) is 0 Å². The molecule has 4 aromatic rings. The monoisotopic (exact) mass is 425 g/mol. The highest BCUT2D eigenvalue weighted by atomic mass is 16.5. The molecule has 4 aromatic carbocycles. The van der Waals surface area contributed by atoms with E-state index in [2.05, 4.69) is 84.7 Å². The molecular formula is C29H31NO2. The summed E-state index contributed by atoms with van der Waals surface area (Å²) in [5.74, 6) is 2.55. The van der Waals surface area contributed by atoms with Crippen molar-refractivity contribution >= 4 is 21.5 Å². The molecule has 0 bridgehead atoms. The minimum atomic E-state index is 0.623. The molecule has 32 heavy (non-hydrogen) atoms. The first-order chi connectivity index (χ1) is 15.7. The van der Waals surface area contributed by atoms with Gasteiger partial charge in [-0.2, -0.15) is 0 Å². The summed E-state index contributed by atoms with van der Waals surface area (Å²) in [6.45, 7) is 3.10. The van der Waals surface area contributed by atoms with E-state index in [-0.39, 0.29) is 0 Å². The maximum atomic E-state index is 6.52. The third kappa shape index (κ3) is 4.18. The molecule has 164 valence electrons. The molecule has 1 aliphatic heterocycles. The van der Waals surface area contributed by atoms with Gasteiger partial charge in [0.15, 0.2) is 0 Å². The van der Waals surface area contributed by atoms with Crippen LogP contribution in [-0.4, -0.2) is 38.8 Å². The van der Waals surface area contributed by atoms with Crippen LogP contribution in [-0.2, 0) is 6.42 Å². The van der Waals surface area contributed by atoms with Crippen LogP contribution in [0.4, 0.5) is 0 Å². The van der Waals surface area contributed by atoms with Crippen LogP contribution >= 0.6 is 0 Å². The Hall–Kier alpha value is -3.04. The smallest absolute Gasteiger partial charge is 0.123 e. The highest BCUT2D eigenvalue weighted by molar-refractivity contribution is 5.91. The first kappa shape index (κ1) is 20.8. The van der Waals surface area contributed by atoms with E-state index in [1.165, 1.54) is 45.5 Å². The van der Waals surface area contributed by atoms with Crippen molar-refractivity contribution in [2.24, 2.45) is 5.92 Å². The van der Waals surface area contributed by atoms with Crippen LogP contribution in [0.1, 0.15) is 24.0 Å². The molecule has 0 aliphatic carbocycles. The van der Waals surface area contributed by atoms with Crippen molar-refractivity contribution in [3.63, 3.8) is 0 Å². The van der Waals surface area contributed by atoms with Gasteiger partial charge in [0.05, 0.1) is 13.7 Å². The fourth-order valence-corrected chi connectivity index (χ4v) is 4.94. The second-order valence-electron chi connectivity index (χ2n) is 8.97. The first-order valence-corrected chi connectivity index (χ1v) is 11.6. The Balaban J connectivity index is 1.54. The number of methoxy groups -OCH3 is 1. The Morgan fingerprint density at radius 2 is 1.31 bits per heavy atom. The molecule has 1 fully saturated rings. The van der Waals surface area contributed by atoms with E-state index < -0.39 is 0 Å². The van der Waals surface area contributed by atoms with Crippen molar-refractivity contribution < 1.29 is 9.47 Å². The fraction of sp³-hybridized carbons (Fsp3) is 0.310. The Bertz CT molecular complexity index is 1220. The average Bonchev–Trinajstić information content (AvgIpc) is 2.84. The number of hydrogen-bond donors (Lipinski definition) is 0. The Labute approximate surface area is 190 Å². The lowest BCUT2D eigenvalue weighted by molar-refractivity contribution is 0.159. The zero-order valence-electron chi connectivity index (χ0n) is 19.0. The zero-order valence-corrected chi connectivity index (χ0v) is 19.0. The van der Waals surface area contributed by atoms with E-state index in [0.29, 0.717) is 5.92 Å². The maximum absolute atomic E-state index is 6.52. The second kappa shape index (κ2) is 9.22. The molecule has 0 amide bonds. The highest BCUT2D eigenvalue weighted by Gasteiger charge is 2.19. The van der Waals surface area contributed by atoms with Crippen molar-refractivity contribution in [3.8, 4) is 11.5 Å². The number of nitrogens with zero attached hydrogens (tertiary/aromatic N) is 1. The van der Waals surface area contributed by atoms with Crippen molar-refractivity contribution in [2.45, 2.75) is 19.3 Å². The minimum absolute atomic E-state index is 0.623. The molecule has 0 N–H and O–H groups in total. The van der Waals surface area contributed by atoms with Crippen LogP contribution in [0.2, 0.25) is 0 Å². The Kier molecular flexibility index (Phi) is 6.00. The summed E-state index contributed by atoms with van der Waals surface area (Å²) in [6, 6.07) is 25.7. The van der Waals surface area contributed by atoms with Crippen LogP contribution < -0.4 is 9.47 Å². The summed E-state index contributed by atoms with van der Waals surface area (Å²) in [5.41, 5.74) is 2.46. The Morgan fingerprint density at radius 3 is 1.94 bits per heavy atom. The predicted octanol–water partition coefficient (Wildman–Crippen LogP) is 6.31. The minimum Gasteiger partial charge on any atom is -0.496 e. The van der Waals surface area contributed by atoms with Gasteiger partial charge >= 0.3 is 0 Å². The van der Waals surface area contributed by atoms with Gasteiger partial charge in [0.1, 0.15) is 11.5 Å². The molecule has 0 aromatic heterocycles. The predicted molar refractivity (Wildman–Crippen MR) is 133 cm³/mol. The first-order valence-electron chi connectivity index (χ1n) is 11.6. The number of piperidine rings is 1. The lowest BCUT2D eigenvalue weighted by atomic mass is 9.93. The molecule has 1 aliphatic rings. The van der Waals surface area contributed by atoms with Crippen LogP contribution in [0.25, 0.3) is 21.5 Å². The number of hydrogen-bond acceptors (Lipinski definition) is 3. The molecule has 0 atom stereocenters. The van der Waals surface area contributed by atoms with Crippen LogP contribution in [0, 0.1) is 5.92 Å². The molecule has 0 unspecified atom stereocenters. The largest absolute Gasteiger partial charge is 0.496 e. The summed E-state index contributed by atoms with van der Waals surface area (Å²) in [4.78, 5) is 2.41. The van der Waals surface area contributed by atoms with Gasteiger partial charge in [0.2, 0.25) is 0 Å². The SMILES string of the molecule is COc1ccc2ccccc2c1Cc1c(OCC2CCN(C)CC2)ccc2ccccc12. The molecule has 5 rings (SSSR count). The van der Waals surface area contributed by atoms with E-state index in [1.54, 1.807) is 7.11 Å². The standard InChI is InChI=1S/C29H31NO2/c1-30-17-15-21(16-18-30)20-32-29-14-12-23-8-4-6-10-25(23)27(29)19-26-24-9-5-3-7-22(24)11-13-28(26)31-2/h3-14,21H,15-20H2,1-2H3. The number of rotatable bonds is 6. The third-order valence-electron chi connectivity index (χ3n) is 6.88. The van der Waals surface area contributed by atoms with E-state index in [0.717, 1.165) is 37.6 Å². The van der Waals surface area contributed by atoms with Crippen molar-refractivity contribution in [3.05, 3.63) is 83.9 Å². The van der Waals surface area contributed by atoms with Crippen molar-refractivity contribution in [1.82, 2.24) is 4.90 Å². The molecule has 3 heteroatoms. The number of likely N-dealkylation sites (tertiary alicyclic amines) is 1.